The second-order valence-electron chi connectivity index (χ2n) is 8.34. The predicted octanol–water partition coefficient (Wildman–Crippen LogP) is 2.26. The Hall–Kier alpha value is -1.31. The van der Waals surface area contributed by atoms with Gasteiger partial charge in [-0.3, -0.25) is 4.57 Å². The molecule has 0 aromatic carbocycles. The normalized spacial score (nSPS) is 33.0. The number of aliphatic imine (C=N–C) groups is 1. The van der Waals surface area contributed by atoms with Gasteiger partial charge in [-0.1, -0.05) is 0 Å². The molecule has 3 aliphatic rings. The van der Waals surface area contributed by atoms with Gasteiger partial charge in [0.1, 0.15) is 17.3 Å². The topological polar surface area (TPSA) is 68.9 Å². The first-order chi connectivity index (χ1) is 12.3. The van der Waals surface area contributed by atoms with Gasteiger partial charge in [-0.05, 0) is 56.7 Å². The number of aromatic nitrogens is 2. The quantitative estimate of drug-likeness (QED) is 0.784. The van der Waals surface area contributed by atoms with Crippen molar-refractivity contribution in [3.05, 3.63) is 5.69 Å². The predicted molar refractivity (Wildman–Crippen MR) is 105 cm³/mol. The van der Waals surface area contributed by atoms with Crippen LogP contribution in [0.2, 0.25) is 0 Å². The molecule has 0 spiro atoms. The number of rotatable bonds is 4. The Morgan fingerprint density at radius 1 is 1.23 bits per heavy atom. The zero-order valence-electron chi connectivity index (χ0n) is 16.1. The number of aliphatic hydroxyl groups excluding tert-OH is 1. The molecule has 2 N–H and O–H groups in total. The summed E-state index contributed by atoms with van der Waals surface area (Å²) in [7, 11) is 6.18. The van der Waals surface area contributed by atoms with Crippen molar-refractivity contribution in [2.24, 2.45) is 29.8 Å². The molecule has 144 valence electrons. The molecule has 26 heavy (non-hydrogen) atoms. The van der Waals surface area contributed by atoms with E-state index in [4.69, 9.17) is 21.8 Å². The van der Waals surface area contributed by atoms with E-state index in [0.29, 0.717) is 23.8 Å². The molecule has 7 nitrogen and oxygen atoms in total. The van der Waals surface area contributed by atoms with Crippen LogP contribution in [-0.4, -0.2) is 46.7 Å². The van der Waals surface area contributed by atoms with Gasteiger partial charge >= 0.3 is 0 Å². The van der Waals surface area contributed by atoms with Crippen LogP contribution in [0.15, 0.2) is 4.99 Å². The maximum Gasteiger partial charge on any atom is 0.207 e. The van der Waals surface area contributed by atoms with Crippen LogP contribution >= 0.6 is 11.8 Å². The standard InChI is InChI=1S/C18H29ClN6O/c1-9(2)23(3)18-20-14-15(22-19)21-16(24(4)17(14)25(18)5)12-7-11-6-10(12)8-13(11)26/h9-13,15,22,26H,6-8H2,1-5H3. The number of halogens is 1. The molecular formula is C18H29ClN6O. The molecule has 2 saturated carbocycles. The van der Waals surface area contributed by atoms with Gasteiger partial charge < -0.3 is 14.9 Å². The minimum atomic E-state index is -0.345. The van der Waals surface area contributed by atoms with E-state index in [1.165, 1.54) is 0 Å². The molecular weight excluding hydrogens is 352 g/mol. The molecule has 1 aromatic rings. The van der Waals surface area contributed by atoms with E-state index < -0.39 is 0 Å². The largest absolute Gasteiger partial charge is 0.393 e. The van der Waals surface area contributed by atoms with Crippen LogP contribution in [0.1, 0.15) is 45.0 Å². The SMILES string of the molecule is CC(C)N(C)c1nc2c(n1C)N(C)C(C1CC3CC1CC3O)=NC2NCl. The molecule has 1 aliphatic heterocycles. The number of nitrogens with one attached hydrogen (secondary N) is 1. The molecule has 2 aliphatic carbocycles. The Bertz CT molecular complexity index is 730. The number of anilines is 2. The number of amidine groups is 1. The van der Waals surface area contributed by atoms with Crippen LogP contribution in [0.3, 0.4) is 0 Å². The van der Waals surface area contributed by atoms with Crippen molar-refractivity contribution in [3.63, 3.8) is 0 Å². The lowest BCUT2D eigenvalue weighted by Crippen LogP contribution is -2.42. The Labute approximate surface area is 160 Å². The van der Waals surface area contributed by atoms with Gasteiger partial charge in [0.2, 0.25) is 5.95 Å². The zero-order chi connectivity index (χ0) is 18.7. The lowest BCUT2D eigenvalue weighted by atomic mass is 9.85. The molecule has 4 rings (SSSR count). The van der Waals surface area contributed by atoms with Crippen LogP contribution in [0.4, 0.5) is 11.8 Å². The first-order valence-corrected chi connectivity index (χ1v) is 9.86. The highest BCUT2D eigenvalue weighted by Gasteiger charge is 2.49. The summed E-state index contributed by atoms with van der Waals surface area (Å²) >= 11 is 6.06. The number of imidazole rings is 1. The van der Waals surface area contributed by atoms with E-state index in [9.17, 15) is 5.11 Å². The summed E-state index contributed by atoms with van der Waals surface area (Å²) in [6.45, 7) is 4.30. The summed E-state index contributed by atoms with van der Waals surface area (Å²) in [5.74, 6) is 4.33. The molecule has 1 aromatic heterocycles. The van der Waals surface area contributed by atoms with Gasteiger partial charge in [-0.2, -0.15) is 0 Å². The highest BCUT2D eigenvalue weighted by Crippen LogP contribution is 2.50. The second kappa shape index (κ2) is 6.39. The molecule has 8 heteroatoms. The van der Waals surface area contributed by atoms with Crippen LogP contribution in [0, 0.1) is 17.8 Å². The highest BCUT2D eigenvalue weighted by atomic mass is 35.5. The van der Waals surface area contributed by atoms with Crippen LogP contribution in [0.25, 0.3) is 0 Å². The molecule has 5 atom stereocenters. The third-order valence-electron chi connectivity index (χ3n) is 6.59. The van der Waals surface area contributed by atoms with Gasteiger partial charge in [-0.25, -0.2) is 14.8 Å². The minimum Gasteiger partial charge on any atom is -0.393 e. The van der Waals surface area contributed by atoms with Crippen molar-refractivity contribution >= 4 is 29.4 Å². The molecule has 2 bridgehead atoms. The second-order valence-corrected chi connectivity index (χ2v) is 8.56. The average Bonchev–Trinajstić information content (AvgIpc) is 3.27. The summed E-state index contributed by atoms with van der Waals surface area (Å²) in [4.78, 5) is 16.9. The van der Waals surface area contributed by atoms with Crippen molar-refractivity contribution in [3.8, 4) is 0 Å². The van der Waals surface area contributed by atoms with Crippen molar-refractivity contribution in [2.75, 3.05) is 23.9 Å². The average molecular weight is 381 g/mol. The van der Waals surface area contributed by atoms with Crippen molar-refractivity contribution in [2.45, 2.75) is 51.4 Å². The maximum atomic E-state index is 10.1. The summed E-state index contributed by atoms with van der Waals surface area (Å²) < 4.78 is 2.13. The van der Waals surface area contributed by atoms with E-state index in [1.54, 1.807) is 0 Å². The number of fused-ring (bicyclic) bond motifs is 3. The number of hydrogen-bond acceptors (Lipinski definition) is 6. The summed E-state index contributed by atoms with van der Waals surface area (Å²) in [6, 6.07) is 0.345. The maximum absolute atomic E-state index is 10.1. The molecule has 0 radical (unpaired) electrons. The zero-order valence-corrected chi connectivity index (χ0v) is 16.9. The van der Waals surface area contributed by atoms with E-state index >= 15 is 0 Å². The summed E-state index contributed by atoms with van der Waals surface area (Å²) in [5, 5.41) is 10.1. The molecule has 2 heterocycles. The molecule has 2 fully saturated rings. The highest BCUT2D eigenvalue weighted by molar-refractivity contribution is 6.14. The monoisotopic (exact) mass is 380 g/mol. The van der Waals surface area contributed by atoms with Gasteiger partial charge in [0.25, 0.3) is 0 Å². The Morgan fingerprint density at radius 3 is 2.50 bits per heavy atom. The number of aliphatic hydroxyl groups is 1. The van der Waals surface area contributed by atoms with Crippen molar-refractivity contribution in [1.82, 2.24) is 14.4 Å². The van der Waals surface area contributed by atoms with Gasteiger partial charge in [-0.15, -0.1) is 0 Å². The summed E-state index contributed by atoms with van der Waals surface area (Å²) in [5.41, 5.74) is 0.861. The number of nitrogens with zero attached hydrogens (tertiary/aromatic N) is 5. The smallest absolute Gasteiger partial charge is 0.207 e. The van der Waals surface area contributed by atoms with Crippen molar-refractivity contribution in [1.29, 1.82) is 0 Å². The van der Waals surface area contributed by atoms with Crippen LogP contribution in [0.5, 0.6) is 0 Å². The fraction of sp³-hybridized carbons (Fsp3) is 0.778. The molecule has 0 saturated heterocycles. The fourth-order valence-electron chi connectivity index (χ4n) is 5.00. The van der Waals surface area contributed by atoms with E-state index in [0.717, 1.165) is 42.6 Å². The first-order valence-electron chi connectivity index (χ1n) is 9.48. The van der Waals surface area contributed by atoms with E-state index in [1.807, 2.05) is 0 Å². The van der Waals surface area contributed by atoms with Gasteiger partial charge in [0.05, 0.1) is 6.10 Å². The lowest BCUT2D eigenvalue weighted by Gasteiger charge is -2.36. The van der Waals surface area contributed by atoms with Gasteiger partial charge in [0.15, 0.2) is 6.17 Å². The number of hydrogen-bond donors (Lipinski definition) is 2. The first kappa shape index (κ1) is 18.1. The molecule has 0 amide bonds. The minimum absolute atomic E-state index is 0.133. The Balaban J connectivity index is 1.71. The Kier molecular flexibility index (Phi) is 4.44. The fourth-order valence-corrected chi connectivity index (χ4v) is 5.15. The van der Waals surface area contributed by atoms with Crippen LogP contribution in [-0.2, 0) is 7.05 Å². The van der Waals surface area contributed by atoms with Gasteiger partial charge in [0, 0.05) is 33.1 Å². The third-order valence-corrected chi connectivity index (χ3v) is 6.80. The lowest BCUT2D eigenvalue weighted by molar-refractivity contribution is 0.105. The third kappa shape index (κ3) is 2.55. The summed E-state index contributed by atoms with van der Waals surface area (Å²) in [6.07, 6.45) is 2.53. The Morgan fingerprint density at radius 2 is 1.96 bits per heavy atom. The van der Waals surface area contributed by atoms with Crippen LogP contribution < -0.4 is 14.6 Å². The van der Waals surface area contributed by atoms with Crippen molar-refractivity contribution < 1.29 is 5.11 Å². The van der Waals surface area contributed by atoms with E-state index in [-0.39, 0.29) is 12.3 Å². The van der Waals surface area contributed by atoms with E-state index in [2.05, 4.69) is 54.2 Å². The molecule has 5 unspecified atom stereocenters.